The zero-order valence-electron chi connectivity index (χ0n) is 23.2. The molecule has 0 bridgehead atoms. The molecule has 0 spiro atoms. The predicted octanol–water partition coefficient (Wildman–Crippen LogP) is 5.32. The molecule has 0 radical (unpaired) electrons. The highest BCUT2D eigenvalue weighted by molar-refractivity contribution is 7.92. The summed E-state index contributed by atoms with van der Waals surface area (Å²) in [5.74, 6) is 0.560. The average Bonchev–Trinajstić information content (AvgIpc) is 3.39. The monoisotopic (exact) mass is 548 g/mol. The van der Waals surface area contributed by atoms with Gasteiger partial charge >= 0.3 is 0 Å². The summed E-state index contributed by atoms with van der Waals surface area (Å²) in [5.41, 5.74) is 4.92. The summed E-state index contributed by atoms with van der Waals surface area (Å²) in [6.45, 7) is 8.00. The van der Waals surface area contributed by atoms with Gasteiger partial charge in [0.25, 0.3) is 15.9 Å². The van der Waals surface area contributed by atoms with Crippen molar-refractivity contribution in [2.24, 2.45) is 0 Å². The van der Waals surface area contributed by atoms with Crippen molar-refractivity contribution in [2.75, 3.05) is 18.0 Å². The molecule has 0 unspecified atom stereocenters. The van der Waals surface area contributed by atoms with Crippen molar-refractivity contribution in [2.45, 2.75) is 69.4 Å². The van der Waals surface area contributed by atoms with Gasteiger partial charge in [-0.15, -0.1) is 0 Å². The molecule has 1 heterocycles. The molecule has 8 heteroatoms. The number of hydrogen-bond acceptors (Lipinski definition) is 5. The Labute approximate surface area is 231 Å². The van der Waals surface area contributed by atoms with E-state index in [1.807, 2.05) is 19.1 Å². The first-order valence-electron chi connectivity index (χ1n) is 13.4. The fourth-order valence-corrected chi connectivity index (χ4v) is 6.68. The van der Waals surface area contributed by atoms with Gasteiger partial charge in [0.1, 0.15) is 11.5 Å². The van der Waals surface area contributed by atoms with Gasteiger partial charge in [-0.3, -0.25) is 9.10 Å². The predicted molar refractivity (Wildman–Crippen MR) is 152 cm³/mol. The van der Waals surface area contributed by atoms with Crippen LogP contribution in [0.5, 0.6) is 11.5 Å². The summed E-state index contributed by atoms with van der Waals surface area (Å²) in [7, 11) is -2.47. The van der Waals surface area contributed by atoms with E-state index in [1.165, 1.54) is 34.7 Å². The lowest BCUT2D eigenvalue weighted by Gasteiger charge is -2.36. The fraction of sp³-hybridized carbons (Fsp3) is 0.387. The van der Waals surface area contributed by atoms with E-state index in [9.17, 15) is 13.2 Å². The molecule has 206 valence electrons. The van der Waals surface area contributed by atoms with Gasteiger partial charge < -0.3 is 14.8 Å². The van der Waals surface area contributed by atoms with Crippen molar-refractivity contribution in [3.63, 3.8) is 0 Å². The van der Waals surface area contributed by atoms with Crippen LogP contribution >= 0.6 is 0 Å². The van der Waals surface area contributed by atoms with E-state index < -0.39 is 16.1 Å². The molecular weight excluding hydrogens is 512 g/mol. The lowest BCUT2D eigenvalue weighted by atomic mass is 9.86. The van der Waals surface area contributed by atoms with Crippen LogP contribution in [0.25, 0.3) is 0 Å². The second-order valence-electron chi connectivity index (χ2n) is 11.4. The Kier molecular flexibility index (Phi) is 7.10. The first-order valence-corrected chi connectivity index (χ1v) is 14.8. The quantitative estimate of drug-likeness (QED) is 0.451. The maximum atomic E-state index is 13.9. The number of fused-ring (bicyclic) bond motifs is 2. The molecule has 1 aliphatic heterocycles. The van der Waals surface area contributed by atoms with Gasteiger partial charge in [-0.25, -0.2) is 8.42 Å². The number of ether oxygens (including phenoxy) is 2. The molecule has 3 aromatic carbocycles. The highest BCUT2D eigenvalue weighted by Crippen LogP contribution is 2.40. The first-order chi connectivity index (χ1) is 18.5. The van der Waals surface area contributed by atoms with E-state index in [-0.39, 0.29) is 28.8 Å². The molecule has 3 aromatic rings. The number of anilines is 1. The van der Waals surface area contributed by atoms with Crippen LogP contribution in [0.2, 0.25) is 0 Å². The molecule has 0 aromatic heterocycles. The third kappa shape index (κ3) is 5.35. The zero-order chi connectivity index (χ0) is 27.9. The van der Waals surface area contributed by atoms with Crippen molar-refractivity contribution >= 4 is 21.6 Å². The number of amides is 1. The fourth-order valence-electron chi connectivity index (χ4n) is 5.21. The maximum Gasteiger partial charge on any atom is 0.264 e. The van der Waals surface area contributed by atoms with Gasteiger partial charge in [-0.05, 0) is 90.3 Å². The van der Waals surface area contributed by atoms with E-state index in [0.29, 0.717) is 17.2 Å². The summed E-state index contributed by atoms with van der Waals surface area (Å²) >= 11 is 0. The Bertz CT molecular complexity index is 1490. The van der Waals surface area contributed by atoms with E-state index in [2.05, 4.69) is 44.3 Å². The summed E-state index contributed by atoms with van der Waals surface area (Å²) in [5, 5.41) is 3.05. The molecule has 1 amide bonds. The molecular formula is C31H36N2O5S. The van der Waals surface area contributed by atoms with E-state index in [4.69, 9.17) is 9.47 Å². The Morgan fingerprint density at radius 1 is 1.03 bits per heavy atom. The topological polar surface area (TPSA) is 84.9 Å². The molecule has 2 atom stereocenters. The van der Waals surface area contributed by atoms with Gasteiger partial charge in [0.2, 0.25) is 0 Å². The van der Waals surface area contributed by atoms with Gasteiger partial charge in [-0.2, -0.15) is 0 Å². The van der Waals surface area contributed by atoms with Gasteiger partial charge in [0.05, 0.1) is 30.3 Å². The van der Waals surface area contributed by atoms with Crippen LogP contribution in [0.4, 0.5) is 5.69 Å². The van der Waals surface area contributed by atoms with Crippen molar-refractivity contribution in [1.82, 2.24) is 5.32 Å². The van der Waals surface area contributed by atoms with Crippen LogP contribution < -0.4 is 19.1 Å². The average molecular weight is 549 g/mol. The molecule has 1 N–H and O–H groups in total. The molecule has 2 aliphatic rings. The maximum absolute atomic E-state index is 13.9. The minimum Gasteiger partial charge on any atom is -0.497 e. The van der Waals surface area contributed by atoms with Crippen LogP contribution in [-0.4, -0.2) is 34.1 Å². The van der Waals surface area contributed by atoms with Gasteiger partial charge in [0.15, 0.2) is 6.10 Å². The van der Waals surface area contributed by atoms with Crippen molar-refractivity contribution in [3.8, 4) is 11.5 Å². The SMILES string of the molecule is COc1ccc(S(=O)(=O)N2C[C@@H](C(=O)N[C@H](C)c3ccc4c(c3)CCC4)Oc3ccc(C(C)(C)C)cc32)cc1. The molecule has 5 rings (SSSR count). The molecule has 39 heavy (non-hydrogen) atoms. The normalized spacial score (nSPS) is 17.6. The number of aryl methyl sites for hydroxylation is 2. The van der Waals surface area contributed by atoms with Crippen molar-refractivity contribution in [1.29, 1.82) is 0 Å². The molecule has 7 nitrogen and oxygen atoms in total. The number of nitrogens with one attached hydrogen (secondary N) is 1. The van der Waals surface area contributed by atoms with Gasteiger partial charge in [-0.1, -0.05) is 45.0 Å². The van der Waals surface area contributed by atoms with Gasteiger partial charge in [0, 0.05) is 0 Å². The second-order valence-corrected chi connectivity index (χ2v) is 13.2. The zero-order valence-corrected chi connectivity index (χ0v) is 24.0. The summed E-state index contributed by atoms with van der Waals surface area (Å²) < 4.78 is 40.5. The molecule has 0 fully saturated rings. The lowest BCUT2D eigenvalue weighted by Crippen LogP contribution is -2.51. The van der Waals surface area contributed by atoms with E-state index >= 15 is 0 Å². The minimum atomic E-state index is -4.00. The highest BCUT2D eigenvalue weighted by Gasteiger charge is 2.38. The van der Waals surface area contributed by atoms with Crippen LogP contribution in [0.1, 0.15) is 62.4 Å². The number of carbonyl (C=O) groups excluding carboxylic acids is 1. The molecule has 1 aliphatic carbocycles. The number of nitrogens with zero attached hydrogens (tertiary/aromatic N) is 1. The Balaban J connectivity index is 1.46. The summed E-state index contributed by atoms with van der Waals surface area (Å²) in [4.78, 5) is 13.6. The largest absolute Gasteiger partial charge is 0.497 e. The molecule has 0 saturated heterocycles. The molecule has 0 saturated carbocycles. The standard InChI is InChI=1S/C31H36N2O5S/c1-20(22-10-9-21-7-6-8-23(21)17-22)32-30(34)29-19-33(39(35,36)26-14-12-25(37-5)13-15-26)27-18-24(31(2,3)4)11-16-28(27)38-29/h9-18,20,29H,6-8,19H2,1-5H3,(H,32,34)/t20-,29+/m1/s1. The number of rotatable bonds is 6. The van der Waals surface area contributed by atoms with Crippen LogP contribution in [0.3, 0.4) is 0 Å². The lowest BCUT2D eigenvalue weighted by molar-refractivity contribution is -0.128. The van der Waals surface area contributed by atoms with Crippen molar-refractivity contribution < 1.29 is 22.7 Å². The number of methoxy groups -OCH3 is 1. The number of benzene rings is 3. The minimum absolute atomic E-state index is 0.114. The number of carbonyl (C=O) groups is 1. The summed E-state index contributed by atoms with van der Waals surface area (Å²) in [6, 6.07) is 17.9. The Hall–Kier alpha value is -3.52. The third-order valence-electron chi connectivity index (χ3n) is 7.62. The van der Waals surface area contributed by atoms with Crippen molar-refractivity contribution in [3.05, 3.63) is 82.9 Å². The Morgan fingerprint density at radius 3 is 2.44 bits per heavy atom. The first kappa shape index (κ1) is 27.1. The summed E-state index contributed by atoms with van der Waals surface area (Å²) in [6.07, 6.45) is 2.30. The Morgan fingerprint density at radius 2 is 1.74 bits per heavy atom. The smallest absolute Gasteiger partial charge is 0.264 e. The second kappa shape index (κ2) is 10.2. The third-order valence-corrected chi connectivity index (χ3v) is 9.41. The van der Waals surface area contributed by atoms with E-state index in [1.54, 1.807) is 18.2 Å². The van der Waals surface area contributed by atoms with Crippen LogP contribution in [-0.2, 0) is 33.1 Å². The van der Waals surface area contributed by atoms with E-state index in [0.717, 1.165) is 30.4 Å². The number of hydrogen-bond donors (Lipinski definition) is 1. The highest BCUT2D eigenvalue weighted by atomic mass is 32.2. The van der Waals surface area contributed by atoms with Crippen LogP contribution in [0, 0.1) is 0 Å². The van der Waals surface area contributed by atoms with Crippen LogP contribution in [0.15, 0.2) is 65.6 Å². The number of sulfonamides is 1.